The van der Waals surface area contributed by atoms with Crippen molar-refractivity contribution in [3.63, 3.8) is 0 Å². The minimum absolute atomic E-state index is 0.00226. The van der Waals surface area contributed by atoms with Gasteiger partial charge in [0.05, 0.1) is 58.5 Å². The molecule has 0 amide bonds. The Kier molecular flexibility index (Phi) is 22.5. The van der Waals surface area contributed by atoms with Crippen molar-refractivity contribution in [2.75, 3.05) is 59.5 Å². The van der Waals surface area contributed by atoms with Gasteiger partial charge in [-0.25, -0.2) is 4.57 Å². The van der Waals surface area contributed by atoms with Gasteiger partial charge < -0.3 is 33.3 Å². The third kappa shape index (κ3) is 16.6. The van der Waals surface area contributed by atoms with Crippen LogP contribution in [-0.2, 0) is 46.4 Å². The summed E-state index contributed by atoms with van der Waals surface area (Å²) in [6, 6.07) is 0. The Hall–Kier alpha value is -0.650. The molecule has 6 unspecified atom stereocenters. The van der Waals surface area contributed by atoms with Crippen molar-refractivity contribution < 1.29 is 56.2 Å². The first-order valence-corrected chi connectivity index (χ1v) is 27.3. The van der Waals surface area contributed by atoms with E-state index in [0.717, 1.165) is 80.5 Å². The molecule has 14 heteroatoms. The van der Waals surface area contributed by atoms with Gasteiger partial charge in [-0.15, -0.1) is 0 Å². The Morgan fingerprint density at radius 1 is 0.705 bits per heavy atom. The Bertz CT molecular complexity index is 1420. The van der Waals surface area contributed by atoms with E-state index < -0.39 is 21.1 Å². The van der Waals surface area contributed by atoms with Gasteiger partial charge in [0.25, 0.3) is 0 Å². The van der Waals surface area contributed by atoms with Gasteiger partial charge in [0.2, 0.25) is 0 Å². The van der Waals surface area contributed by atoms with Crippen LogP contribution in [0.4, 0.5) is 0 Å². The minimum Gasteiger partial charge on any atom is -0.462 e. The molecule has 0 spiro atoms. The minimum atomic E-state index is -4.16. The predicted molar refractivity (Wildman–Crippen MR) is 240 cm³/mol. The average molecular weight is 905 g/mol. The molecule has 2 N–H and O–H groups in total. The first-order valence-electron chi connectivity index (χ1n) is 24.2. The quantitative estimate of drug-likeness (QED) is 0.0294. The summed E-state index contributed by atoms with van der Waals surface area (Å²) in [7, 11) is -7.70. The van der Waals surface area contributed by atoms with Crippen LogP contribution < -0.4 is 0 Å². The Morgan fingerprint density at radius 2 is 1.33 bits per heavy atom. The second kappa shape index (κ2) is 25.9. The third-order valence-corrected chi connectivity index (χ3v) is 17.8. The number of phosphoric acid groups is 1. The van der Waals surface area contributed by atoms with E-state index >= 15 is 0 Å². The first-order chi connectivity index (χ1) is 29.0. The molecule has 4 aliphatic carbocycles. The van der Waals surface area contributed by atoms with Crippen LogP contribution in [-0.4, -0.2) is 87.0 Å². The molecule has 0 bridgehead atoms. The van der Waals surface area contributed by atoms with Crippen molar-refractivity contribution in [1.82, 2.24) is 0 Å². The zero-order valence-electron chi connectivity index (χ0n) is 39.2. The summed E-state index contributed by atoms with van der Waals surface area (Å²) in [6.07, 6.45) is 21.1. The van der Waals surface area contributed by atoms with E-state index in [-0.39, 0.29) is 43.9 Å². The molecule has 61 heavy (non-hydrogen) atoms. The van der Waals surface area contributed by atoms with E-state index in [2.05, 4.69) is 40.7 Å². The maximum atomic E-state index is 12.8. The normalized spacial score (nSPS) is 30.0. The lowest BCUT2D eigenvalue weighted by Gasteiger charge is -2.58. The topological polar surface area (TPSA) is 156 Å². The number of hydrogen-bond donors (Lipinski definition) is 2. The standard InChI is InChI=1S/C47H86O12P2/c1-36(2)15-14-16-38(5)42-20-21-43-41-19-18-39-35-40(22-24-46(39,6)44(41)23-25-47(42,43)7)59-45(48)17-10-13-26-53-29-30-54-31-32-55-33-34-58-61(51,52)57-28-12-9-8-11-27-56-60(49,50)37(3)4/h18,36-38,40-44H,8-17,19-35H2,1-7H3,(H,49,50)(H,51,52)/t38-,40+,41?,42?,43?,44?,46+,47-/m1/s1. The van der Waals surface area contributed by atoms with E-state index in [1.807, 2.05) is 0 Å². The van der Waals surface area contributed by atoms with Crippen LogP contribution in [0.15, 0.2) is 11.6 Å². The van der Waals surface area contributed by atoms with Gasteiger partial charge in [-0.05, 0) is 117 Å². The van der Waals surface area contributed by atoms with Crippen LogP contribution in [0.2, 0.25) is 0 Å². The SMILES string of the molecule is CC(C)CCC[C@@H](C)C1CCC2C3CC=C4C[C@@H](OC(=O)CCCCOCCOCCOCCOP(=O)(O)OCCCCCCOP(=O)(O)C(C)C)CC[C@]4(C)C3CC[C@@]21C. The van der Waals surface area contributed by atoms with E-state index in [0.29, 0.717) is 57.7 Å². The highest BCUT2D eigenvalue weighted by atomic mass is 31.2. The van der Waals surface area contributed by atoms with Gasteiger partial charge in [0.1, 0.15) is 6.10 Å². The highest BCUT2D eigenvalue weighted by Crippen LogP contribution is 2.67. The number of carbonyl (C=O) groups is 1. The number of esters is 1. The lowest BCUT2D eigenvalue weighted by atomic mass is 9.47. The fourth-order valence-electron chi connectivity index (χ4n) is 11.3. The number of unbranched alkanes of at least 4 members (excludes halogenated alkanes) is 4. The van der Waals surface area contributed by atoms with Gasteiger partial charge in [0, 0.05) is 19.4 Å². The lowest BCUT2D eigenvalue weighted by molar-refractivity contribution is -0.151. The van der Waals surface area contributed by atoms with Crippen molar-refractivity contribution in [2.24, 2.45) is 46.3 Å². The average Bonchev–Trinajstić information content (AvgIpc) is 3.56. The molecule has 3 fully saturated rings. The van der Waals surface area contributed by atoms with E-state index in [4.69, 9.17) is 32.5 Å². The molecule has 4 rings (SSSR count). The maximum absolute atomic E-state index is 12.8. The largest absolute Gasteiger partial charge is 0.472 e. The van der Waals surface area contributed by atoms with Crippen molar-refractivity contribution in [3.05, 3.63) is 11.6 Å². The maximum Gasteiger partial charge on any atom is 0.472 e. The Labute approximate surface area is 369 Å². The van der Waals surface area contributed by atoms with Gasteiger partial charge in [-0.3, -0.25) is 18.4 Å². The number of phosphoric ester groups is 1. The molecule has 0 radical (unpaired) electrons. The van der Waals surface area contributed by atoms with Crippen LogP contribution in [0.5, 0.6) is 0 Å². The zero-order valence-corrected chi connectivity index (χ0v) is 40.9. The summed E-state index contributed by atoms with van der Waals surface area (Å²) >= 11 is 0. The molecule has 0 heterocycles. The molecule has 0 aromatic heterocycles. The number of carbonyl (C=O) groups excluding carboxylic acids is 1. The van der Waals surface area contributed by atoms with E-state index in [1.54, 1.807) is 19.4 Å². The van der Waals surface area contributed by atoms with Gasteiger partial charge >= 0.3 is 21.4 Å². The number of rotatable bonds is 31. The Morgan fingerprint density at radius 3 is 2.00 bits per heavy atom. The molecule has 10 atom stereocenters. The monoisotopic (exact) mass is 905 g/mol. The molecule has 4 aliphatic rings. The van der Waals surface area contributed by atoms with Crippen molar-refractivity contribution in [2.45, 2.75) is 176 Å². The summed E-state index contributed by atoms with van der Waals surface area (Å²) in [5, 5.41) is 0. The second-order valence-corrected chi connectivity index (χ2v) is 23.9. The number of fused-ring (bicyclic) bond motifs is 5. The highest BCUT2D eigenvalue weighted by molar-refractivity contribution is 7.53. The van der Waals surface area contributed by atoms with Gasteiger partial charge in [0.15, 0.2) is 0 Å². The first kappa shape index (κ1) is 53.0. The van der Waals surface area contributed by atoms with Crippen LogP contribution in [0.25, 0.3) is 0 Å². The number of ether oxygens (including phenoxy) is 4. The summed E-state index contributed by atoms with van der Waals surface area (Å²) < 4.78 is 61.4. The summed E-state index contributed by atoms with van der Waals surface area (Å²) in [6.45, 7) is 18.2. The highest BCUT2D eigenvalue weighted by Gasteiger charge is 2.59. The fourth-order valence-corrected chi connectivity index (χ4v) is 12.8. The number of allylic oxidation sites excluding steroid dienone is 1. The zero-order chi connectivity index (χ0) is 44.5. The molecular formula is C47H86O12P2. The van der Waals surface area contributed by atoms with Crippen LogP contribution in [0.3, 0.4) is 0 Å². The van der Waals surface area contributed by atoms with E-state index in [1.165, 1.54) is 51.4 Å². The second-order valence-electron chi connectivity index (χ2n) is 20.0. The predicted octanol–water partition coefficient (Wildman–Crippen LogP) is 11.5. The molecular weight excluding hydrogens is 818 g/mol. The van der Waals surface area contributed by atoms with Gasteiger partial charge in [-0.2, -0.15) is 0 Å². The molecule has 0 saturated heterocycles. The Balaban J connectivity index is 0.966. The van der Waals surface area contributed by atoms with Crippen molar-refractivity contribution in [1.29, 1.82) is 0 Å². The van der Waals surface area contributed by atoms with Crippen molar-refractivity contribution in [3.8, 4) is 0 Å². The fraction of sp³-hybridized carbons (Fsp3) is 0.936. The van der Waals surface area contributed by atoms with Crippen LogP contribution in [0.1, 0.15) is 164 Å². The molecule has 12 nitrogen and oxygen atoms in total. The molecule has 3 saturated carbocycles. The van der Waals surface area contributed by atoms with Gasteiger partial charge in [-0.1, -0.05) is 92.2 Å². The third-order valence-electron chi connectivity index (χ3n) is 14.9. The molecule has 0 aromatic rings. The molecule has 0 aliphatic heterocycles. The van der Waals surface area contributed by atoms with Crippen LogP contribution >= 0.6 is 15.4 Å². The van der Waals surface area contributed by atoms with E-state index in [9.17, 15) is 23.7 Å². The summed E-state index contributed by atoms with van der Waals surface area (Å²) in [5.74, 6) is 4.88. The molecule has 356 valence electrons. The van der Waals surface area contributed by atoms with Crippen LogP contribution in [0, 0.1) is 46.3 Å². The van der Waals surface area contributed by atoms with Crippen molar-refractivity contribution >= 4 is 21.4 Å². The summed E-state index contributed by atoms with van der Waals surface area (Å²) in [5.41, 5.74) is 1.89. The smallest absolute Gasteiger partial charge is 0.462 e. The summed E-state index contributed by atoms with van der Waals surface area (Å²) in [4.78, 5) is 32.3. The molecule has 0 aromatic carbocycles. The lowest BCUT2D eigenvalue weighted by Crippen LogP contribution is -2.51. The number of hydrogen-bond acceptors (Lipinski definition) is 10.